The molecular weight excluding hydrogens is 404 g/mol. The molecule has 0 atom stereocenters. The molecule has 0 amide bonds. The van der Waals surface area contributed by atoms with Gasteiger partial charge in [-0.2, -0.15) is 0 Å². The Bertz CT molecular complexity index is 854. The molecule has 0 fully saturated rings. The third-order valence-electron chi connectivity index (χ3n) is 2.94. The van der Waals surface area contributed by atoms with E-state index < -0.39 is 0 Å². The lowest BCUT2D eigenvalue weighted by Crippen LogP contribution is -2.01. The van der Waals surface area contributed by atoms with Crippen molar-refractivity contribution in [3.05, 3.63) is 61.6 Å². The van der Waals surface area contributed by atoms with Crippen molar-refractivity contribution >= 4 is 53.3 Å². The first-order chi connectivity index (χ1) is 9.56. The minimum absolute atomic E-state index is 0.188. The summed E-state index contributed by atoms with van der Waals surface area (Å²) in [6.07, 6.45) is 0. The SMILES string of the molecule is O=c1c(O)c(-c2ccc(Br)cc2)sc2cc(Br)ccc12. The van der Waals surface area contributed by atoms with Gasteiger partial charge in [-0.3, -0.25) is 4.79 Å². The molecule has 0 saturated heterocycles. The van der Waals surface area contributed by atoms with Crippen LogP contribution < -0.4 is 5.43 Å². The van der Waals surface area contributed by atoms with Crippen molar-refractivity contribution in [3.63, 3.8) is 0 Å². The summed E-state index contributed by atoms with van der Waals surface area (Å²) in [5.74, 6) is -0.188. The number of hydrogen-bond donors (Lipinski definition) is 1. The molecule has 1 N–H and O–H groups in total. The van der Waals surface area contributed by atoms with Gasteiger partial charge in [-0.1, -0.05) is 44.0 Å². The van der Waals surface area contributed by atoms with Crippen molar-refractivity contribution in [2.75, 3.05) is 0 Å². The number of rotatable bonds is 1. The Balaban J connectivity index is 2.33. The molecule has 2 aromatic carbocycles. The lowest BCUT2D eigenvalue weighted by molar-refractivity contribution is 0.475. The van der Waals surface area contributed by atoms with Crippen LogP contribution in [0.5, 0.6) is 5.75 Å². The van der Waals surface area contributed by atoms with Gasteiger partial charge in [0.1, 0.15) is 0 Å². The van der Waals surface area contributed by atoms with Crippen LogP contribution in [0.3, 0.4) is 0 Å². The first-order valence-electron chi connectivity index (χ1n) is 5.77. The molecule has 100 valence electrons. The van der Waals surface area contributed by atoms with Crippen LogP contribution in [0.2, 0.25) is 0 Å². The highest BCUT2D eigenvalue weighted by molar-refractivity contribution is 9.10. The second kappa shape index (κ2) is 5.31. The Morgan fingerprint density at radius 3 is 2.30 bits per heavy atom. The van der Waals surface area contributed by atoms with E-state index in [1.807, 2.05) is 30.3 Å². The molecule has 0 unspecified atom stereocenters. The summed E-state index contributed by atoms with van der Waals surface area (Å²) in [4.78, 5) is 12.8. The number of fused-ring (bicyclic) bond motifs is 1. The highest BCUT2D eigenvalue weighted by atomic mass is 79.9. The number of halogens is 2. The van der Waals surface area contributed by atoms with Crippen LogP contribution in [0.25, 0.3) is 20.5 Å². The molecule has 0 bridgehead atoms. The van der Waals surface area contributed by atoms with E-state index in [9.17, 15) is 9.90 Å². The molecule has 1 aromatic heterocycles. The molecule has 0 saturated carbocycles. The first-order valence-corrected chi connectivity index (χ1v) is 8.18. The van der Waals surface area contributed by atoms with Gasteiger partial charge in [0, 0.05) is 19.0 Å². The summed E-state index contributed by atoms with van der Waals surface area (Å²) in [5, 5.41) is 10.7. The second-order valence-electron chi connectivity index (χ2n) is 4.26. The highest BCUT2D eigenvalue weighted by Crippen LogP contribution is 2.36. The largest absolute Gasteiger partial charge is 0.503 e. The molecule has 0 aliphatic carbocycles. The quantitative estimate of drug-likeness (QED) is 0.600. The molecule has 0 radical (unpaired) electrons. The zero-order valence-electron chi connectivity index (χ0n) is 10.1. The molecule has 5 heteroatoms. The molecular formula is C15H8Br2O2S. The predicted molar refractivity (Wildman–Crippen MR) is 90.6 cm³/mol. The van der Waals surface area contributed by atoms with E-state index in [2.05, 4.69) is 31.9 Å². The van der Waals surface area contributed by atoms with E-state index >= 15 is 0 Å². The summed E-state index contributed by atoms with van der Waals surface area (Å²) in [5.41, 5.74) is 0.499. The molecule has 0 spiro atoms. The molecule has 3 aromatic rings. The van der Waals surface area contributed by atoms with Crippen molar-refractivity contribution < 1.29 is 5.11 Å². The second-order valence-corrected chi connectivity index (χ2v) is 7.14. The van der Waals surface area contributed by atoms with E-state index in [4.69, 9.17) is 0 Å². The van der Waals surface area contributed by atoms with E-state index in [-0.39, 0.29) is 11.2 Å². The Labute approximate surface area is 136 Å². The smallest absolute Gasteiger partial charge is 0.230 e. The molecule has 3 rings (SSSR count). The van der Waals surface area contributed by atoms with Crippen LogP contribution in [0.4, 0.5) is 0 Å². The zero-order chi connectivity index (χ0) is 14.3. The minimum Gasteiger partial charge on any atom is -0.503 e. The van der Waals surface area contributed by atoms with Crippen LogP contribution in [0.15, 0.2) is 56.2 Å². The number of benzene rings is 2. The number of aromatic hydroxyl groups is 1. The molecule has 0 aliphatic heterocycles. The molecule has 20 heavy (non-hydrogen) atoms. The van der Waals surface area contributed by atoms with E-state index in [0.29, 0.717) is 10.3 Å². The van der Waals surface area contributed by atoms with Gasteiger partial charge in [0.2, 0.25) is 5.43 Å². The van der Waals surface area contributed by atoms with E-state index in [1.54, 1.807) is 12.1 Å². The summed E-state index contributed by atoms with van der Waals surface area (Å²) in [7, 11) is 0. The van der Waals surface area contributed by atoms with Crippen molar-refractivity contribution in [2.45, 2.75) is 0 Å². The maximum absolute atomic E-state index is 12.2. The standard InChI is InChI=1S/C15H8Br2O2S/c16-9-3-1-8(2-4-9)15-14(19)13(18)11-6-5-10(17)7-12(11)20-15/h1-7,19H. The van der Waals surface area contributed by atoms with Crippen molar-refractivity contribution in [1.82, 2.24) is 0 Å². The summed E-state index contributed by atoms with van der Waals surface area (Å²) >= 11 is 8.18. The molecule has 0 aliphatic rings. The summed E-state index contributed by atoms with van der Waals surface area (Å²) < 4.78 is 2.71. The van der Waals surface area contributed by atoms with Crippen LogP contribution >= 0.6 is 43.2 Å². The first kappa shape index (κ1) is 13.8. The Morgan fingerprint density at radius 2 is 1.60 bits per heavy atom. The topological polar surface area (TPSA) is 37.3 Å². The highest BCUT2D eigenvalue weighted by Gasteiger charge is 2.13. The van der Waals surface area contributed by atoms with Crippen LogP contribution in [-0.4, -0.2) is 5.11 Å². The lowest BCUT2D eigenvalue weighted by atomic mass is 10.1. The zero-order valence-corrected chi connectivity index (χ0v) is 14.0. The normalized spacial score (nSPS) is 10.9. The predicted octanol–water partition coefficient (Wildman–Crippen LogP) is 5.16. The third-order valence-corrected chi connectivity index (χ3v) is 5.15. The third kappa shape index (κ3) is 2.41. The van der Waals surface area contributed by atoms with Gasteiger partial charge in [-0.05, 0) is 35.9 Å². The van der Waals surface area contributed by atoms with Gasteiger partial charge in [0.25, 0.3) is 0 Å². The fourth-order valence-corrected chi connectivity index (χ4v) is 3.85. The van der Waals surface area contributed by atoms with Crippen molar-refractivity contribution in [1.29, 1.82) is 0 Å². The Hall–Kier alpha value is -1.17. The van der Waals surface area contributed by atoms with Crippen molar-refractivity contribution in [3.8, 4) is 16.2 Å². The van der Waals surface area contributed by atoms with E-state index in [0.717, 1.165) is 19.2 Å². The maximum atomic E-state index is 12.2. The lowest BCUT2D eigenvalue weighted by Gasteiger charge is -2.06. The van der Waals surface area contributed by atoms with Gasteiger partial charge < -0.3 is 5.11 Å². The Kier molecular flexibility index (Phi) is 3.67. The summed E-state index contributed by atoms with van der Waals surface area (Å²) in [6, 6.07) is 12.9. The Morgan fingerprint density at radius 1 is 0.950 bits per heavy atom. The average molecular weight is 412 g/mol. The molecule has 1 heterocycles. The van der Waals surface area contributed by atoms with Gasteiger partial charge in [-0.25, -0.2) is 0 Å². The van der Waals surface area contributed by atoms with Crippen LogP contribution in [0.1, 0.15) is 0 Å². The molecule has 2 nitrogen and oxygen atoms in total. The van der Waals surface area contributed by atoms with Gasteiger partial charge >= 0.3 is 0 Å². The van der Waals surface area contributed by atoms with E-state index in [1.165, 1.54) is 11.3 Å². The summed E-state index contributed by atoms with van der Waals surface area (Å²) in [6.45, 7) is 0. The average Bonchev–Trinajstić information content (AvgIpc) is 2.44. The fraction of sp³-hybridized carbons (Fsp3) is 0. The monoisotopic (exact) mass is 410 g/mol. The van der Waals surface area contributed by atoms with Crippen LogP contribution in [-0.2, 0) is 0 Å². The van der Waals surface area contributed by atoms with Gasteiger partial charge in [-0.15, -0.1) is 11.3 Å². The maximum Gasteiger partial charge on any atom is 0.230 e. The number of hydrogen-bond acceptors (Lipinski definition) is 3. The van der Waals surface area contributed by atoms with Crippen LogP contribution in [0, 0.1) is 0 Å². The fourth-order valence-electron chi connectivity index (χ4n) is 1.95. The minimum atomic E-state index is -0.329. The van der Waals surface area contributed by atoms with Crippen molar-refractivity contribution in [2.24, 2.45) is 0 Å². The van der Waals surface area contributed by atoms with Gasteiger partial charge in [0.15, 0.2) is 5.75 Å². The van der Waals surface area contributed by atoms with Gasteiger partial charge in [0.05, 0.1) is 4.88 Å².